The Kier molecular flexibility index (Phi) is 3.08. The highest BCUT2D eigenvalue weighted by Gasteiger charge is 2.31. The van der Waals surface area contributed by atoms with Crippen LogP contribution in [0.15, 0.2) is 11.8 Å². The predicted octanol–water partition coefficient (Wildman–Crippen LogP) is 1.61. The van der Waals surface area contributed by atoms with E-state index >= 15 is 0 Å². The van der Waals surface area contributed by atoms with Crippen molar-refractivity contribution in [2.75, 3.05) is 6.61 Å². The van der Waals surface area contributed by atoms with Gasteiger partial charge in [0.05, 0.1) is 18.8 Å². The Labute approximate surface area is 84.7 Å². The minimum Gasteiger partial charge on any atom is -0.495 e. The molecule has 0 amide bonds. The summed E-state index contributed by atoms with van der Waals surface area (Å²) in [7, 11) is 0. The summed E-state index contributed by atoms with van der Waals surface area (Å²) in [5, 5.41) is 9.97. The summed E-state index contributed by atoms with van der Waals surface area (Å²) in [5.41, 5.74) is 0. The van der Waals surface area contributed by atoms with Gasteiger partial charge in [0, 0.05) is 0 Å². The van der Waals surface area contributed by atoms with Crippen molar-refractivity contribution >= 4 is 0 Å². The molecule has 2 aliphatic rings. The molecule has 0 spiro atoms. The van der Waals surface area contributed by atoms with Crippen LogP contribution in [-0.4, -0.2) is 30.0 Å². The standard InChI is InChI=1S/C11H18O3/c1-8-5-6-10(14-8)11(12)9-4-2-3-7-13-9/h4,8,10-12H,2-3,5-7H2,1H3. The number of ether oxygens (including phenoxy) is 2. The van der Waals surface area contributed by atoms with E-state index in [4.69, 9.17) is 9.47 Å². The normalized spacial score (nSPS) is 34.9. The van der Waals surface area contributed by atoms with Gasteiger partial charge in [-0.2, -0.15) is 0 Å². The van der Waals surface area contributed by atoms with Gasteiger partial charge in [-0.05, 0) is 38.7 Å². The maximum absolute atomic E-state index is 9.97. The third kappa shape index (κ3) is 2.10. The summed E-state index contributed by atoms with van der Waals surface area (Å²) in [6.07, 6.45) is 5.68. The molecule has 0 aromatic heterocycles. The molecule has 14 heavy (non-hydrogen) atoms. The molecule has 0 saturated carbocycles. The first-order valence-electron chi connectivity index (χ1n) is 5.44. The maximum atomic E-state index is 9.97. The van der Waals surface area contributed by atoms with Crippen LogP contribution in [0.1, 0.15) is 32.6 Å². The highest BCUT2D eigenvalue weighted by molar-refractivity contribution is 5.05. The van der Waals surface area contributed by atoms with Gasteiger partial charge in [-0.25, -0.2) is 0 Å². The molecule has 2 heterocycles. The van der Waals surface area contributed by atoms with Crippen molar-refractivity contribution in [3.05, 3.63) is 11.8 Å². The lowest BCUT2D eigenvalue weighted by Gasteiger charge is -2.24. The molecule has 1 fully saturated rings. The first-order chi connectivity index (χ1) is 6.77. The highest BCUT2D eigenvalue weighted by atomic mass is 16.5. The molecule has 2 rings (SSSR count). The molecule has 0 aromatic rings. The van der Waals surface area contributed by atoms with Gasteiger partial charge in [-0.3, -0.25) is 0 Å². The topological polar surface area (TPSA) is 38.7 Å². The molecule has 3 heteroatoms. The third-order valence-electron chi connectivity index (χ3n) is 2.87. The van der Waals surface area contributed by atoms with Gasteiger partial charge in [0.25, 0.3) is 0 Å². The fourth-order valence-corrected chi connectivity index (χ4v) is 2.03. The van der Waals surface area contributed by atoms with Crippen LogP contribution in [-0.2, 0) is 9.47 Å². The van der Waals surface area contributed by atoms with Gasteiger partial charge >= 0.3 is 0 Å². The summed E-state index contributed by atoms with van der Waals surface area (Å²) >= 11 is 0. The van der Waals surface area contributed by atoms with Crippen molar-refractivity contribution < 1.29 is 14.6 Å². The van der Waals surface area contributed by atoms with Crippen LogP contribution in [0, 0.1) is 0 Å². The monoisotopic (exact) mass is 198 g/mol. The molecule has 0 aromatic carbocycles. The van der Waals surface area contributed by atoms with Crippen molar-refractivity contribution in [3.63, 3.8) is 0 Å². The van der Waals surface area contributed by atoms with Crippen molar-refractivity contribution in [1.82, 2.24) is 0 Å². The second-order valence-electron chi connectivity index (χ2n) is 4.10. The Balaban J connectivity index is 1.93. The zero-order chi connectivity index (χ0) is 9.97. The van der Waals surface area contributed by atoms with E-state index in [1.54, 1.807) is 0 Å². The summed E-state index contributed by atoms with van der Waals surface area (Å²) in [6.45, 7) is 2.77. The van der Waals surface area contributed by atoms with Crippen LogP contribution in [0.3, 0.4) is 0 Å². The van der Waals surface area contributed by atoms with Gasteiger partial charge < -0.3 is 14.6 Å². The van der Waals surface area contributed by atoms with Crippen LogP contribution < -0.4 is 0 Å². The SMILES string of the molecule is CC1CCC(C(O)C2=CCCCO2)O1. The van der Waals surface area contributed by atoms with Crippen LogP contribution in [0.25, 0.3) is 0 Å². The average molecular weight is 198 g/mol. The van der Waals surface area contributed by atoms with Crippen molar-refractivity contribution in [3.8, 4) is 0 Å². The third-order valence-corrected chi connectivity index (χ3v) is 2.87. The van der Waals surface area contributed by atoms with E-state index in [0.29, 0.717) is 0 Å². The van der Waals surface area contributed by atoms with Gasteiger partial charge in [0.1, 0.15) is 11.9 Å². The van der Waals surface area contributed by atoms with Crippen molar-refractivity contribution in [2.45, 2.75) is 50.9 Å². The second kappa shape index (κ2) is 4.32. The molecule has 3 atom stereocenters. The Morgan fingerprint density at radius 2 is 2.36 bits per heavy atom. The second-order valence-corrected chi connectivity index (χ2v) is 4.10. The Morgan fingerprint density at radius 3 is 2.93 bits per heavy atom. The van der Waals surface area contributed by atoms with Crippen LogP contribution >= 0.6 is 0 Å². The number of allylic oxidation sites excluding steroid dienone is 1. The van der Waals surface area contributed by atoms with Crippen LogP contribution in [0.5, 0.6) is 0 Å². The first-order valence-corrected chi connectivity index (χ1v) is 5.44. The highest BCUT2D eigenvalue weighted by Crippen LogP contribution is 2.26. The van der Waals surface area contributed by atoms with Crippen molar-refractivity contribution in [1.29, 1.82) is 0 Å². The molecule has 1 N–H and O–H groups in total. The average Bonchev–Trinajstić information content (AvgIpc) is 2.65. The van der Waals surface area contributed by atoms with E-state index < -0.39 is 6.10 Å². The molecule has 0 aliphatic carbocycles. The van der Waals surface area contributed by atoms with E-state index in [2.05, 4.69) is 0 Å². The smallest absolute Gasteiger partial charge is 0.137 e. The van der Waals surface area contributed by atoms with Gasteiger partial charge in [0.2, 0.25) is 0 Å². The largest absolute Gasteiger partial charge is 0.495 e. The Morgan fingerprint density at radius 1 is 1.50 bits per heavy atom. The minimum absolute atomic E-state index is 0.0608. The minimum atomic E-state index is -0.555. The van der Waals surface area contributed by atoms with Crippen LogP contribution in [0.4, 0.5) is 0 Å². The number of aliphatic hydroxyl groups is 1. The lowest BCUT2D eigenvalue weighted by atomic mass is 10.1. The Hall–Kier alpha value is -0.540. The maximum Gasteiger partial charge on any atom is 0.137 e. The van der Waals surface area contributed by atoms with E-state index in [1.807, 2.05) is 13.0 Å². The zero-order valence-electron chi connectivity index (χ0n) is 8.61. The molecule has 1 saturated heterocycles. The molecule has 2 aliphatic heterocycles. The fourth-order valence-electron chi connectivity index (χ4n) is 2.03. The van der Waals surface area contributed by atoms with E-state index in [1.165, 1.54) is 0 Å². The van der Waals surface area contributed by atoms with E-state index in [-0.39, 0.29) is 12.2 Å². The number of hydrogen-bond acceptors (Lipinski definition) is 3. The van der Waals surface area contributed by atoms with Gasteiger partial charge in [-0.1, -0.05) is 0 Å². The first kappa shape index (κ1) is 9.99. The number of aliphatic hydroxyl groups excluding tert-OH is 1. The molecule has 80 valence electrons. The molecule has 0 radical (unpaired) electrons. The summed E-state index contributed by atoms with van der Waals surface area (Å²) in [5.74, 6) is 0.718. The molecular weight excluding hydrogens is 180 g/mol. The molecule has 3 unspecified atom stereocenters. The van der Waals surface area contributed by atoms with Gasteiger partial charge in [0.15, 0.2) is 0 Å². The number of rotatable bonds is 2. The fraction of sp³-hybridized carbons (Fsp3) is 0.818. The quantitative estimate of drug-likeness (QED) is 0.732. The Bertz CT molecular complexity index is 225. The van der Waals surface area contributed by atoms with Crippen LogP contribution in [0.2, 0.25) is 0 Å². The summed E-state index contributed by atoms with van der Waals surface area (Å²) < 4.78 is 11.0. The van der Waals surface area contributed by atoms with E-state index in [0.717, 1.165) is 38.0 Å². The predicted molar refractivity (Wildman–Crippen MR) is 52.8 cm³/mol. The zero-order valence-corrected chi connectivity index (χ0v) is 8.61. The van der Waals surface area contributed by atoms with Crippen molar-refractivity contribution in [2.24, 2.45) is 0 Å². The lowest BCUT2D eigenvalue weighted by molar-refractivity contribution is -0.0378. The summed E-state index contributed by atoms with van der Waals surface area (Å²) in [4.78, 5) is 0. The summed E-state index contributed by atoms with van der Waals surface area (Å²) in [6, 6.07) is 0. The number of hydrogen-bond donors (Lipinski definition) is 1. The molecule has 3 nitrogen and oxygen atoms in total. The lowest BCUT2D eigenvalue weighted by Crippen LogP contribution is -2.30. The van der Waals surface area contributed by atoms with E-state index in [9.17, 15) is 5.11 Å². The molecule has 0 bridgehead atoms. The molecular formula is C11H18O3. The van der Waals surface area contributed by atoms with Gasteiger partial charge in [-0.15, -0.1) is 0 Å².